The fraction of sp³-hybridized carbons (Fsp3) is 0.429. The van der Waals surface area contributed by atoms with Crippen LogP contribution in [0.5, 0.6) is 0 Å². The Labute approximate surface area is 128 Å². The van der Waals surface area contributed by atoms with E-state index < -0.39 is 0 Å². The van der Waals surface area contributed by atoms with Crippen LogP contribution in [0.15, 0.2) is 18.2 Å². The van der Waals surface area contributed by atoms with Gasteiger partial charge in [-0.25, -0.2) is 4.98 Å². The van der Waals surface area contributed by atoms with Crippen molar-refractivity contribution in [2.45, 2.75) is 32.2 Å². The lowest BCUT2D eigenvalue weighted by Gasteiger charge is -2.10. The van der Waals surface area contributed by atoms with E-state index in [9.17, 15) is 4.79 Å². The van der Waals surface area contributed by atoms with Crippen LogP contribution < -0.4 is 5.32 Å². The topological polar surface area (TPSA) is 46.9 Å². The van der Waals surface area contributed by atoms with Gasteiger partial charge in [0.1, 0.15) is 11.3 Å². The van der Waals surface area contributed by atoms with Crippen LogP contribution in [-0.4, -0.2) is 22.0 Å². The van der Waals surface area contributed by atoms with Gasteiger partial charge in [0.05, 0.1) is 15.9 Å². The quantitative estimate of drug-likeness (QED) is 0.859. The van der Waals surface area contributed by atoms with Crippen LogP contribution in [-0.2, 0) is 11.3 Å². The number of hydrogen-bond acceptors (Lipinski definition) is 2. The number of hydrogen-bond donors (Lipinski definition) is 1. The maximum absolute atomic E-state index is 11.6. The monoisotopic (exact) mass is 313 g/mol. The molecule has 1 amide bonds. The second-order valence-corrected chi connectivity index (χ2v) is 5.61. The van der Waals surface area contributed by atoms with Crippen LogP contribution in [0.2, 0.25) is 5.02 Å². The van der Waals surface area contributed by atoms with Crippen LogP contribution in [0.1, 0.15) is 31.5 Å². The molecule has 108 valence electrons. The summed E-state index contributed by atoms with van der Waals surface area (Å²) in [5, 5.41) is 3.14. The van der Waals surface area contributed by atoms with Crippen molar-refractivity contribution in [3.05, 3.63) is 29.0 Å². The summed E-state index contributed by atoms with van der Waals surface area (Å²) in [5.41, 5.74) is 1.64. The van der Waals surface area contributed by atoms with Gasteiger partial charge in [0.25, 0.3) is 0 Å². The highest BCUT2D eigenvalue weighted by atomic mass is 35.5. The fourth-order valence-electron chi connectivity index (χ4n) is 2.17. The van der Waals surface area contributed by atoms with E-state index in [1.54, 1.807) is 6.07 Å². The third-order valence-electron chi connectivity index (χ3n) is 3.05. The Balaban J connectivity index is 2.37. The van der Waals surface area contributed by atoms with Gasteiger partial charge in [-0.1, -0.05) is 17.7 Å². The van der Waals surface area contributed by atoms with E-state index in [4.69, 9.17) is 23.2 Å². The van der Waals surface area contributed by atoms with Gasteiger partial charge >= 0.3 is 0 Å². The Kier molecular flexibility index (Phi) is 4.89. The zero-order chi connectivity index (χ0) is 14.7. The first-order chi connectivity index (χ1) is 9.54. The number of imidazole rings is 1. The van der Waals surface area contributed by atoms with Gasteiger partial charge in [0.2, 0.25) is 5.91 Å². The molecular formula is C14H17Cl2N3O. The van der Waals surface area contributed by atoms with Gasteiger partial charge in [-0.05, 0) is 26.0 Å². The lowest BCUT2D eigenvalue weighted by atomic mass is 10.3. The number of aromatic nitrogens is 2. The molecule has 1 unspecified atom stereocenters. The number of fused-ring (bicyclic) bond motifs is 1. The average molecular weight is 314 g/mol. The summed E-state index contributed by atoms with van der Waals surface area (Å²) in [6.45, 7) is 4.93. The summed E-state index contributed by atoms with van der Waals surface area (Å²) < 4.78 is 1.97. The molecule has 6 heteroatoms. The molecule has 0 bridgehead atoms. The van der Waals surface area contributed by atoms with E-state index in [0.29, 0.717) is 24.5 Å². The molecule has 0 aliphatic carbocycles. The summed E-state index contributed by atoms with van der Waals surface area (Å²) in [4.78, 5) is 16.1. The highest BCUT2D eigenvalue weighted by Crippen LogP contribution is 2.28. The molecule has 0 fully saturated rings. The van der Waals surface area contributed by atoms with Crippen LogP contribution in [0.4, 0.5) is 0 Å². The molecule has 0 saturated heterocycles. The first-order valence-corrected chi connectivity index (χ1v) is 7.41. The minimum atomic E-state index is -0.243. The van der Waals surface area contributed by atoms with Gasteiger partial charge in [0, 0.05) is 19.5 Å². The molecule has 2 rings (SSSR count). The van der Waals surface area contributed by atoms with Crippen molar-refractivity contribution in [1.29, 1.82) is 0 Å². The number of amides is 1. The molecule has 1 N–H and O–H groups in total. The number of nitrogens with zero attached hydrogens (tertiary/aromatic N) is 2. The number of nitrogens with one attached hydrogen (secondary N) is 1. The van der Waals surface area contributed by atoms with Crippen molar-refractivity contribution in [1.82, 2.24) is 14.9 Å². The minimum Gasteiger partial charge on any atom is -0.356 e. The lowest BCUT2D eigenvalue weighted by molar-refractivity contribution is -0.121. The van der Waals surface area contributed by atoms with E-state index in [1.807, 2.05) is 30.5 Å². The molecule has 1 heterocycles. The normalized spacial score (nSPS) is 12.6. The van der Waals surface area contributed by atoms with Crippen molar-refractivity contribution in [3.63, 3.8) is 0 Å². The summed E-state index contributed by atoms with van der Waals surface area (Å²) in [7, 11) is 0. The number of carbonyl (C=O) groups is 1. The van der Waals surface area contributed by atoms with Crippen LogP contribution >= 0.6 is 23.2 Å². The SMILES string of the molecule is CCNC(=O)CCn1c(C(C)Cl)nc2c(Cl)cccc21. The molecule has 0 radical (unpaired) electrons. The summed E-state index contributed by atoms with van der Waals surface area (Å²) in [5.74, 6) is 0.753. The summed E-state index contributed by atoms with van der Waals surface area (Å²) >= 11 is 12.3. The largest absolute Gasteiger partial charge is 0.356 e. The minimum absolute atomic E-state index is 0.0181. The number of para-hydroxylation sites is 1. The molecule has 20 heavy (non-hydrogen) atoms. The standard InChI is InChI=1S/C14H17Cl2N3O/c1-3-17-12(20)7-8-19-11-6-4-5-10(16)13(11)18-14(19)9(2)15/h4-6,9H,3,7-8H2,1-2H3,(H,17,20). The van der Waals surface area contributed by atoms with Gasteiger partial charge in [-0.3, -0.25) is 4.79 Å². The van der Waals surface area contributed by atoms with E-state index in [1.165, 1.54) is 0 Å². The molecule has 1 atom stereocenters. The van der Waals surface area contributed by atoms with E-state index in [-0.39, 0.29) is 11.3 Å². The molecule has 1 aromatic carbocycles. The van der Waals surface area contributed by atoms with Crippen molar-refractivity contribution in [2.24, 2.45) is 0 Å². The summed E-state index contributed by atoms with van der Waals surface area (Å²) in [6, 6.07) is 5.61. The molecule has 0 saturated carbocycles. The molecule has 2 aromatic rings. The second-order valence-electron chi connectivity index (χ2n) is 4.55. The number of carbonyl (C=O) groups excluding carboxylic acids is 1. The van der Waals surface area contributed by atoms with Crippen molar-refractivity contribution in [2.75, 3.05) is 6.54 Å². The van der Waals surface area contributed by atoms with Crippen molar-refractivity contribution >= 4 is 40.1 Å². The molecule has 0 aliphatic rings. The Morgan fingerprint density at radius 1 is 1.50 bits per heavy atom. The Morgan fingerprint density at radius 3 is 2.90 bits per heavy atom. The lowest BCUT2D eigenvalue weighted by Crippen LogP contribution is -2.24. The van der Waals surface area contributed by atoms with E-state index in [0.717, 1.165) is 16.9 Å². The molecule has 0 spiro atoms. The van der Waals surface area contributed by atoms with Gasteiger partial charge in [0.15, 0.2) is 0 Å². The zero-order valence-corrected chi connectivity index (χ0v) is 13.0. The second kappa shape index (κ2) is 6.46. The highest BCUT2D eigenvalue weighted by molar-refractivity contribution is 6.35. The number of aryl methyl sites for hydroxylation is 1. The van der Waals surface area contributed by atoms with Gasteiger partial charge in [-0.15, -0.1) is 11.6 Å². The average Bonchev–Trinajstić information content (AvgIpc) is 2.77. The van der Waals surface area contributed by atoms with Crippen LogP contribution in [0.25, 0.3) is 11.0 Å². The van der Waals surface area contributed by atoms with E-state index in [2.05, 4.69) is 10.3 Å². The fourth-order valence-corrected chi connectivity index (χ4v) is 2.55. The molecular weight excluding hydrogens is 297 g/mol. The molecule has 0 aliphatic heterocycles. The number of halogens is 2. The first-order valence-electron chi connectivity index (χ1n) is 6.60. The maximum atomic E-state index is 11.6. The molecule has 4 nitrogen and oxygen atoms in total. The van der Waals surface area contributed by atoms with Crippen LogP contribution in [0.3, 0.4) is 0 Å². The highest BCUT2D eigenvalue weighted by Gasteiger charge is 2.17. The van der Waals surface area contributed by atoms with E-state index >= 15 is 0 Å². The zero-order valence-electron chi connectivity index (χ0n) is 11.5. The van der Waals surface area contributed by atoms with Gasteiger partial charge < -0.3 is 9.88 Å². The smallest absolute Gasteiger partial charge is 0.221 e. The Morgan fingerprint density at radius 2 is 2.25 bits per heavy atom. The predicted octanol–water partition coefficient (Wildman–Crippen LogP) is 3.52. The third kappa shape index (κ3) is 3.07. The number of alkyl halides is 1. The Hall–Kier alpha value is -1.26. The number of benzene rings is 1. The van der Waals surface area contributed by atoms with Gasteiger partial charge in [-0.2, -0.15) is 0 Å². The molecule has 1 aromatic heterocycles. The third-order valence-corrected chi connectivity index (χ3v) is 3.55. The number of rotatable bonds is 5. The van der Waals surface area contributed by atoms with Crippen LogP contribution in [0, 0.1) is 0 Å². The summed E-state index contributed by atoms with van der Waals surface area (Å²) in [6.07, 6.45) is 0.391. The Bertz CT molecular complexity index is 622. The predicted molar refractivity (Wildman–Crippen MR) is 82.3 cm³/mol. The van der Waals surface area contributed by atoms with Crippen molar-refractivity contribution < 1.29 is 4.79 Å². The first kappa shape index (κ1) is 15.1. The maximum Gasteiger partial charge on any atom is 0.221 e. The van der Waals surface area contributed by atoms with Crippen molar-refractivity contribution in [3.8, 4) is 0 Å².